The molecular formula is C50H44N2O4. The van der Waals surface area contributed by atoms with E-state index in [1.165, 1.54) is 0 Å². The Labute approximate surface area is 329 Å². The minimum atomic E-state index is 0.0755. The lowest BCUT2D eigenvalue weighted by atomic mass is 9.89. The van der Waals surface area contributed by atoms with Crippen molar-refractivity contribution in [2.75, 3.05) is 26.4 Å². The molecule has 0 radical (unpaired) electrons. The summed E-state index contributed by atoms with van der Waals surface area (Å²) in [6.45, 7) is 10.9. The topological polar surface area (TPSA) is 46.8 Å². The number of para-hydroxylation sites is 2. The van der Waals surface area contributed by atoms with Gasteiger partial charge in [0.25, 0.3) is 0 Å². The number of aromatic nitrogens is 2. The Morgan fingerprint density at radius 1 is 0.482 bits per heavy atom. The van der Waals surface area contributed by atoms with Crippen LogP contribution in [0.3, 0.4) is 0 Å². The molecule has 0 aliphatic heterocycles. The van der Waals surface area contributed by atoms with E-state index in [1.54, 1.807) is 0 Å². The van der Waals surface area contributed by atoms with Crippen molar-refractivity contribution in [2.24, 2.45) is 11.8 Å². The Kier molecular flexibility index (Phi) is 10.9. The predicted molar refractivity (Wildman–Crippen MR) is 230 cm³/mol. The first-order valence-electron chi connectivity index (χ1n) is 18.8. The molecule has 278 valence electrons. The van der Waals surface area contributed by atoms with Gasteiger partial charge >= 0.3 is 0 Å². The van der Waals surface area contributed by atoms with Gasteiger partial charge in [-0.25, -0.2) is 0 Å². The van der Waals surface area contributed by atoms with Gasteiger partial charge in [-0.05, 0) is 59.4 Å². The highest BCUT2D eigenvalue weighted by Crippen LogP contribution is 2.52. The number of terminal acetylenes is 4. The molecule has 0 fully saturated rings. The van der Waals surface area contributed by atoms with E-state index in [0.29, 0.717) is 34.8 Å². The van der Waals surface area contributed by atoms with Crippen LogP contribution in [-0.4, -0.2) is 35.6 Å². The lowest BCUT2D eigenvalue weighted by Crippen LogP contribution is -2.07. The fourth-order valence-electron chi connectivity index (χ4n) is 7.81. The molecule has 0 amide bonds. The first-order valence-corrected chi connectivity index (χ1v) is 18.8. The minimum Gasteiger partial charge on any atom is -0.477 e. The Morgan fingerprint density at radius 2 is 0.839 bits per heavy atom. The van der Waals surface area contributed by atoms with Crippen molar-refractivity contribution in [1.29, 1.82) is 0 Å². The van der Waals surface area contributed by atoms with Crippen LogP contribution in [-0.2, 0) is 13.1 Å². The average molecular weight is 737 g/mol. The fourth-order valence-corrected chi connectivity index (χ4v) is 7.81. The maximum absolute atomic E-state index is 6.15. The Balaban J connectivity index is 1.74. The molecule has 0 saturated heterocycles. The summed E-state index contributed by atoms with van der Waals surface area (Å²) in [5.41, 5.74) is 8.58. The summed E-state index contributed by atoms with van der Waals surface area (Å²) in [5, 5.41) is 4.52. The van der Waals surface area contributed by atoms with Gasteiger partial charge in [0, 0.05) is 56.8 Å². The van der Waals surface area contributed by atoms with Crippen molar-refractivity contribution >= 4 is 43.6 Å². The number of rotatable bonds is 14. The molecule has 5 aromatic carbocycles. The number of nitrogens with zero attached hydrogens (tertiary/aromatic N) is 2. The van der Waals surface area contributed by atoms with Gasteiger partial charge in [0.15, 0.2) is 23.0 Å². The average Bonchev–Trinajstić information content (AvgIpc) is 3.69. The van der Waals surface area contributed by atoms with Gasteiger partial charge in [-0.2, -0.15) is 0 Å². The number of fused-ring (bicyclic) bond motifs is 6. The van der Waals surface area contributed by atoms with Crippen LogP contribution >= 0.6 is 0 Å². The first kappa shape index (κ1) is 37.5. The number of ether oxygens (including phenoxy) is 4. The van der Waals surface area contributed by atoms with Crippen molar-refractivity contribution in [3.05, 3.63) is 84.9 Å². The molecule has 0 aliphatic carbocycles. The molecule has 7 rings (SSSR count). The molecular weight excluding hydrogens is 693 g/mol. The highest BCUT2D eigenvalue weighted by Gasteiger charge is 2.29. The third-order valence-corrected chi connectivity index (χ3v) is 9.72. The van der Waals surface area contributed by atoms with Crippen LogP contribution in [0.15, 0.2) is 84.9 Å². The van der Waals surface area contributed by atoms with E-state index in [1.807, 2.05) is 24.3 Å². The lowest BCUT2D eigenvalue weighted by Gasteiger charge is -2.21. The van der Waals surface area contributed by atoms with Crippen LogP contribution < -0.4 is 18.9 Å². The molecule has 0 unspecified atom stereocenters. The molecule has 2 aromatic heterocycles. The number of hydrogen-bond acceptors (Lipinski definition) is 4. The molecule has 0 aliphatic rings. The number of benzene rings is 5. The molecule has 0 atom stereocenters. The van der Waals surface area contributed by atoms with Crippen LogP contribution in [0.25, 0.3) is 65.9 Å². The minimum absolute atomic E-state index is 0.0755. The van der Waals surface area contributed by atoms with E-state index in [-0.39, 0.29) is 26.4 Å². The molecule has 56 heavy (non-hydrogen) atoms. The zero-order chi connectivity index (χ0) is 39.3. The van der Waals surface area contributed by atoms with Crippen LogP contribution in [0.2, 0.25) is 0 Å². The van der Waals surface area contributed by atoms with Gasteiger partial charge in [0.2, 0.25) is 0 Å². The normalized spacial score (nSPS) is 11.2. The van der Waals surface area contributed by atoms with Gasteiger partial charge in [0.1, 0.15) is 26.4 Å². The van der Waals surface area contributed by atoms with Crippen molar-refractivity contribution < 1.29 is 18.9 Å². The molecule has 7 aromatic rings. The van der Waals surface area contributed by atoms with E-state index in [0.717, 1.165) is 79.0 Å². The predicted octanol–water partition coefficient (Wildman–Crippen LogP) is 10.6. The molecule has 6 heteroatoms. The van der Waals surface area contributed by atoms with E-state index in [4.69, 9.17) is 44.6 Å². The van der Waals surface area contributed by atoms with E-state index in [2.05, 4.69) is 121 Å². The highest BCUT2D eigenvalue weighted by atomic mass is 16.5. The van der Waals surface area contributed by atoms with Gasteiger partial charge in [-0.3, -0.25) is 0 Å². The first-order chi connectivity index (χ1) is 27.3. The summed E-state index contributed by atoms with van der Waals surface area (Å²) >= 11 is 0. The molecule has 0 bridgehead atoms. The van der Waals surface area contributed by atoms with Crippen LogP contribution in [0.5, 0.6) is 23.0 Å². The van der Waals surface area contributed by atoms with Crippen molar-refractivity contribution in [2.45, 2.75) is 40.8 Å². The van der Waals surface area contributed by atoms with Crippen molar-refractivity contribution in [3.63, 3.8) is 0 Å². The second-order valence-electron chi connectivity index (χ2n) is 14.5. The Morgan fingerprint density at radius 3 is 1.20 bits per heavy atom. The summed E-state index contributed by atoms with van der Waals surface area (Å²) in [4.78, 5) is 0. The van der Waals surface area contributed by atoms with Gasteiger partial charge in [0.05, 0.1) is 11.0 Å². The van der Waals surface area contributed by atoms with Crippen LogP contribution in [0.1, 0.15) is 27.7 Å². The van der Waals surface area contributed by atoms with E-state index in [9.17, 15) is 0 Å². The second-order valence-corrected chi connectivity index (χ2v) is 14.5. The zero-order valence-electron chi connectivity index (χ0n) is 32.3. The smallest absolute Gasteiger partial charge is 0.163 e. The molecule has 0 saturated carbocycles. The molecule has 2 heterocycles. The van der Waals surface area contributed by atoms with Gasteiger partial charge < -0.3 is 28.1 Å². The number of hydrogen-bond donors (Lipinski definition) is 0. The largest absolute Gasteiger partial charge is 0.477 e. The van der Waals surface area contributed by atoms with Crippen molar-refractivity contribution in [3.8, 4) is 94.6 Å². The summed E-state index contributed by atoms with van der Waals surface area (Å²) in [6, 6.07) is 29.4. The maximum Gasteiger partial charge on any atom is 0.163 e. The summed E-state index contributed by atoms with van der Waals surface area (Å²) in [7, 11) is 0. The quantitative estimate of drug-likeness (QED) is 0.104. The third-order valence-electron chi connectivity index (χ3n) is 9.72. The summed E-state index contributed by atoms with van der Waals surface area (Å²) in [6.07, 6.45) is 22.6. The second kappa shape index (κ2) is 16.2. The Bertz CT molecular complexity index is 2580. The van der Waals surface area contributed by atoms with Gasteiger partial charge in [-0.15, -0.1) is 25.7 Å². The third kappa shape index (κ3) is 6.84. The Hall–Kier alpha value is -6.86. The van der Waals surface area contributed by atoms with Crippen molar-refractivity contribution in [1.82, 2.24) is 9.13 Å². The van der Waals surface area contributed by atoms with Gasteiger partial charge in [-0.1, -0.05) is 99.9 Å². The van der Waals surface area contributed by atoms with Crippen LogP contribution in [0, 0.1) is 61.2 Å². The zero-order valence-corrected chi connectivity index (χ0v) is 32.3. The standard InChI is InChI=1S/C50H44N2O4/c1-9-25-53-41-23-21-35(29-43(41)55-27-11-3)45-47-37-17-13-15-19-39(37)52(32-34(7)8)50(47)46(36-22-24-42(54-26-10-2)44(30-36)56-28-12-4)48-38-18-14-16-20-40(38)51(49(45)48)31-33(5)6/h1-4,13-24,29-30,33-34H,25-28,31-32H2,5-8H3. The fraction of sp³-hybridized carbons (Fsp3) is 0.240. The highest BCUT2D eigenvalue weighted by molar-refractivity contribution is 6.32. The van der Waals surface area contributed by atoms with E-state index < -0.39 is 0 Å². The monoisotopic (exact) mass is 736 g/mol. The lowest BCUT2D eigenvalue weighted by molar-refractivity contribution is 0.315. The summed E-state index contributed by atoms with van der Waals surface area (Å²) < 4.78 is 29.2. The molecule has 6 nitrogen and oxygen atoms in total. The summed E-state index contributed by atoms with van der Waals surface area (Å²) in [5.74, 6) is 13.1. The van der Waals surface area contributed by atoms with E-state index >= 15 is 0 Å². The SMILES string of the molecule is C#CCOc1ccc(-c2c3c4ccccc4n(CC(C)C)c3c(-c3ccc(OCC#C)c(OCC#C)c3)c3c4ccccc4n(CC(C)C)c23)cc1OCC#C. The molecule has 0 N–H and O–H groups in total. The maximum atomic E-state index is 6.15. The van der Waals surface area contributed by atoms with Crippen LogP contribution in [0.4, 0.5) is 0 Å². The molecule has 0 spiro atoms.